The Balaban J connectivity index is 1.88. The average molecular weight is 247 g/mol. The second-order valence-electron chi connectivity index (χ2n) is 5.30. The maximum Gasteiger partial charge on any atom is 0.202 e. The lowest BCUT2D eigenvalue weighted by atomic mass is 10.2. The van der Waals surface area contributed by atoms with Gasteiger partial charge in [0, 0.05) is 13.6 Å². The molecule has 5 nitrogen and oxygen atoms in total. The van der Waals surface area contributed by atoms with Crippen molar-refractivity contribution in [2.75, 3.05) is 5.73 Å². The monoisotopic (exact) mass is 247 g/mol. The van der Waals surface area contributed by atoms with Gasteiger partial charge in [0.1, 0.15) is 5.52 Å². The van der Waals surface area contributed by atoms with E-state index in [0.29, 0.717) is 5.95 Å². The van der Waals surface area contributed by atoms with Gasteiger partial charge >= 0.3 is 0 Å². The molecule has 1 aliphatic carbocycles. The molecule has 0 unspecified atom stereocenters. The van der Waals surface area contributed by atoms with Crippen molar-refractivity contribution in [3.63, 3.8) is 0 Å². The number of nitrogen functional groups attached to an aromatic ring is 1. The van der Waals surface area contributed by atoms with Crippen LogP contribution in [0.4, 0.5) is 5.95 Å². The lowest BCUT2D eigenvalue weighted by molar-refractivity contribution is 0.580. The normalized spacial score (nSPS) is 15.7. The van der Waals surface area contributed by atoms with Crippen LogP contribution in [-0.2, 0) is 20.0 Å². The van der Waals surface area contributed by atoms with E-state index in [0.717, 1.165) is 35.7 Å². The van der Waals surface area contributed by atoms with Crippen molar-refractivity contribution in [1.82, 2.24) is 19.3 Å². The fourth-order valence-corrected chi connectivity index (χ4v) is 2.66. The van der Waals surface area contributed by atoms with Crippen LogP contribution in [0.25, 0.3) is 11.2 Å². The van der Waals surface area contributed by atoms with E-state index in [4.69, 9.17) is 5.73 Å². The predicted octanol–water partition coefficient (Wildman–Crippen LogP) is 2.10. The number of aryl methyl sites for hydroxylation is 3. The molecule has 98 valence electrons. The molecule has 1 saturated carbocycles. The summed E-state index contributed by atoms with van der Waals surface area (Å²) in [6, 6.07) is 0. The molecule has 5 heteroatoms. The van der Waals surface area contributed by atoms with E-state index in [2.05, 4.69) is 21.6 Å². The summed E-state index contributed by atoms with van der Waals surface area (Å²) in [7, 11) is 1.97. The number of hydrogen-bond donors (Lipinski definition) is 1. The Morgan fingerprint density at radius 2 is 2.17 bits per heavy atom. The highest BCUT2D eigenvalue weighted by Crippen LogP contribution is 2.34. The third-order valence-electron chi connectivity index (χ3n) is 3.85. The highest BCUT2D eigenvalue weighted by Gasteiger charge is 2.21. The molecule has 0 bridgehead atoms. The zero-order valence-electron chi connectivity index (χ0n) is 11.2. The van der Waals surface area contributed by atoms with Crippen LogP contribution in [0.5, 0.6) is 0 Å². The van der Waals surface area contributed by atoms with Gasteiger partial charge in [-0.3, -0.25) is 9.25 Å². The molecule has 2 aromatic heterocycles. The number of hydrogen-bond acceptors (Lipinski definition) is 3. The van der Waals surface area contributed by atoms with Crippen LogP contribution < -0.4 is 5.73 Å². The van der Waals surface area contributed by atoms with Gasteiger partial charge in [-0.2, -0.15) is 5.10 Å². The minimum absolute atomic E-state index is 0.628. The molecule has 0 aliphatic heterocycles. The van der Waals surface area contributed by atoms with Crippen LogP contribution in [0.1, 0.15) is 38.3 Å². The molecule has 0 spiro atoms. The molecule has 0 aromatic carbocycles. The summed E-state index contributed by atoms with van der Waals surface area (Å²) in [4.78, 5) is 4.48. The maximum atomic E-state index is 6.03. The first kappa shape index (κ1) is 11.6. The first-order valence-electron chi connectivity index (χ1n) is 6.88. The van der Waals surface area contributed by atoms with Gasteiger partial charge in [0.2, 0.25) is 5.95 Å². The van der Waals surface area contributed by atoms with Gasteiger partial charge in [0.15, 0.2) is 5.65 Å². The second-order valence-corrected chi connectivity index (χ2v) is 5.30. The molecule has 0 amide bonds. The Morgan fingerprint density at radius 3 is 2.83 bits per heavy atom. The summed E-state index contributed by atoms with van der Waals surface area (Å²) in [6.07, 6.45) is 6.24. The van der Waals surface area contributed by atoms with Crippen LogP contribution >= 0.6 is 0 Å². The van der Waals surface area contributed by atoms with Crippen LogP contribution in [-0.4, -0.2) is 19.3 Å². The van der Waals surface area contributed by atoms with Crippen LogP contribution in [0.2, 0.25) is 0 Å². The van der Waals surface area contributed by atoms with Crippen molar-refractivity contribution < 1.29 is 0 Å². The SMILES string of the molecule is CCc1nn(C)c2c1nc(N)n2CCCC1CC1. The standard InChI is InChI=1S/C13H21N5/c1-3-10-11-12(17(2)16-10)18(13(14)15-11)8-4-5-9-6-7-9/h9H,3-8H2,1-2H3,(H2,14,15). The Hall–Kier alpha value is -1.52. The van der Waals surface area contributed by atoms with Gasteiger partial charge < -0.3 is 5.73 Å². The zero-order chi connectivity index (χ0) is 12.7. The summed E-state index contributed by atoms with van der Waals surface area (Å²) in [5.41, 5.74) is 9.12. The largest absolute Gasteiger partial charge is 0.369 e. The van der Waals surface area contributed by atoms with E-state index < -0.39 is 0 Å². The van der Waals surface area contributed by atoms with Gasteiger partial charge in [-0.05, 0) is 25.2 Å². The van der Waals surface area contributed by atoms with Crippen molar-refractivity contribution >= 4 is 17.1 Å². The summed E-state index contributed by atoms with van der Waals surface area (Å²) < 4.78 is 4.03. The van der Waals surface area contributed by atoms with Gasteiger partial charge in [0.05, 0.1) is 5.69 Å². The number of nitrogens with zero attached hydrogens (tertiary/aromatic N) is 4. The third-order valence-corrected chi connectivity index (χ3v) is 3.85. The zero-order valence-corrected chi connectivity index (χ0v) is 11.2. The number of nitrogens with two attached hydrogens (primary N) is 1. The lowest BCUT2D eigenvalue weighted by Gasteiger charge is -2.06. The minimum atomic E-state index is 0.628. The van der Waals surface area contributed by atoms with Crippen molar-refractivity contribution in [1.29, 1.82) is 0 Å². The van der Waals surface area contributed by atoms with Crippen LogP contribution in [0.15, 0.2) is 0 Å². The number of anilines is 1. The highest BCUT2D eigenvalue weighted by molar-refractivity contribution is 5.77. The van der Waals surface area contributed by atoms with E-state index in [1.165, 1.54) is 25.7 Å². The van der Waals surface area contributed by atoms with E-state index in [1.807, 2.05) is 11.7 Å². The first-order chi connectivity index (χ1) is 8.70. The minimum Gasteiger partial charge on any atom is -0.369 e. The van der Waals surface area contributed by atoms with Crippen LogP contribution in [0.3, 0.4) is 0 Å². The molecule has 0 radical (unpaired) electrons. The van der Waals surface area contributed by atoms with E-state index in [-0.39, 0.29) is 0 Å². The third kappa shape index (κ3) is 1.87. The van der Waals surface area contributed by atoms with Gasteiger partial charge in [-0.1, -0.05) is 19.8 Å². The first-order valence-corrected chi connectivity index (χ1v) is 6.88. The lowest BCUT2D eigenvalue weighted by Crippen LogP contribution is -2.07. The van der Waals surface area contributed by atoms with E-state index in [9.17, 15) is 0 Å². The van der Waals surface area contributed by atoms with E-state index in [1.54, 1.807) is 0 Å². The fraction of sp³-hybridized carbons (Fsp3) is 0.692. The summed E-state index contributed by atoms with van der Waals surface area (Å²) in [6.45, 7) is 3.06. The quantitative estimate of drug-likeness (QED) is 0.880. The Bertz CT molecular complexity index is 561. The number of aromatic nitrogens is 4. The van der Waals surface area contributed by atoms with Crippen molar-refractivity contribution in [3.05, 3.63) is 5.69 Å². The van der Waals surface area contributed by atoms with E-state index >= 15 is 0 Å². The Kier molecular flexibility index (Phi) is 2.76. The topological polar surface area (TPSA) is 61.7 Å². The average Bonchev–Trinajstić information content (AvgIpc) is 3.04. The Labute approximate surface area is 107 Å². The molecule has 18 heavy (non-hydrogen) atoms. The number of imidazole rings is 1. The van der Waals surface area contributed by atoms with Crippen molar-refractivity contribution in [2.45, 2.75) is 45.6 Å². The molecular formula is C13H21N5. The molecule has 1 aliphatic rings. The maximum absolute atomic E-state index is 6.03. The molecular weight excluding hydrogens is 226 g/mol. The number of rotatable bonds is 5. The number of fused-ring (bicyclic) bond motifs is 1. The molecule has 3 rings (SSSR count). The van der Waals surface area contributed by atoms with Gasteiger partial charge in [-0.25, -0.2) is 4.98 Å². The molecule has 2 heterocycles. The molecule has 1 fully saturated rings. The second kappa shape index (κ2) is 4.30. The smallest absolute Gasteiger partial charge is 0.202 e. The molecule has 0 atom stereocenters. The van der Waals surface area contributed by atoms with Gasteiger partial charge in [-0.15, -0.1) is 0 Å². The molecule has 2 N–H and O–H groups in total. The summed E-state index contributed by atoms with van der Waals surface area (Å²) in [5, 5.41) is 4.50. The molecule has 2 aromatic rings. The summed E-state index contributed by atoms with van der Waals surface area (Å²) in [5.74, 6) is 1.60. The fourth-order valence-electron chi connectivity index (χ4n) is 2.66. The predicted molar refractivity (Wildman–Crippen MR) is 72.2 cm³/mol. The van der Waals surface area contributed by atoms with Crippen molar-refractivity contribution in [2.24, 2.45) is 13.0 Å². The molecule has 0 saturated heterocycles. The van der Waals surface area contributed by atoms with Gasteiger partial charge in [0.25, 0.3) is 0 Å². The van der Waals surface area contributed by atoms with Crippen LogP contribution in [0, 0.1) is 5.92 Å². The Morgan fingerprint density at radius 1 is 1.39 bits per heavy atom. The summed E-state index contributed by atoms with van der Waals surface area (Å²) >= 11 is 0. The highest BCUT2D eigenvalue weighted by atomic mass is 15.3. The van der Waals surface area contributed by atoms with Crippen molar-refractivity contribution in [3.8, 4) is 0 Å².